The van der Waals surface area contributed by atoms with Crippen LogP contribution in [0.15, 0.2) is 0 Å². The van der Waals surface area contributed by atoms with E-state index in [1.807, 2.05) is 0 Å². The SMILES string of the molecule is CCCCCCCCCCCCC(=O)OC[C@H](CO[C@@H]1O[C@H](CO[C@H]2O[C@H](CO)[C@H](O)[C@H](O)[C@H]2O)[C@H](O)[C@H](O)[C@H]1O)OC(=O)CCCCCCCCCCCC. The molecule has 0 bridgehead atoms. The summed E-state index contributed by atoms with van der Waals surface area (Å²) in [7, 11) is 0. The molecule has 11 atom stereocenters. The first kappa shape index (κ1) is 50.6. The Hall–Kier alpha value is -1.50. The van der Waals surface area contributed by atoms with E-state index in [9.17, 15) is 45.3 Å². The maximum Gasteiger partial charge on any atom is 0.306 e. The van der Waals surface area contributed by atoms with Gasteiger partial charge in [-0.3, -0.25) is 9.59 Å². The van der Waals surface area contributed by atoms with E-state index in [-0.39, 0.29) is 26.1 Å². The Morgan fingerprint density at radius 2 is 0.911 bits per heavy atom. The fraction of sp³-hybridized carbons (Fsp3) is 0.951. The minimum absolute atomic E-state index is 0.171. The van der Waals surface area contributed by atoms with E-state index in [1.165, 1.54) is 77.0 Å². The van der Waals surface area contributed by atoms with Gasteiger partial charge in [0.1, 0.15) is 55.4 Å². The van der Waals surface area contributed by atoms with Crippen LogP contribution in [0.25, 0.3) is 0 Å². The number of aliphatic hydroxyl groups excluding tert-OH is 7. The standard InChI is InChI=1S/C41H76O15/c1-3-5-7-9-11-13-15-17-19-21-23-32(43)51-26-29(54-33(44)24-22-20-18-16-14-12-10-8-6-4-2)27-52-40-39(50)37(48)35(46)31(56-40)28-53-41-38(49)36(47)34(45)30(25-42)55-41/h29-31,34-42,45-50H,3-28H2,1-2H3/t29-,30-,31-,34+,35+,36+,37+,38-,39-,40-,41+/m1/s1. The monoisotopic (exact) mass is 809 g/mol. The lowest BCUT2D eigenvalue weighted by Gasteiger charge is -2.42. The number of rotatable bonds is 32. The first-order valence-electron chi connectivity index (χ1n) is 21.6. The number of carbonyl (C=O) groups excluding carboxylic acids is 2. The molecule has 2 fully saturated rings. The molecule has 2 aliphatic rings. The summed E-state index contributed by atoms with van der Waals surface area (Å²) < 4.78 is 33.3. The summed E-state index contributed by atoms with van der Waals surface area (Å²) in [5.74, 6) is -0.923. The highest BCUT2D eigenvalue weighted by Crippen LogP contribution is 2.26. The molecular weight excluding hydrogens is 732 g/mol. The van der Waals surface area contributed by atoms with E-state index in [0.29, 0.717) is 12.8 Å². The molecule has 0 aliphatic carbocycles. The Labute approximate surface area is 334 Å². The Bertz CT molecular complexity index is 1000. The Morgan fingerprint density at radius 1 is 0.500 bits per heavy atom. The second-order valence-electron chi connectivity index (χ2n) is 15.5. The van der Waals surface area contributed by atoms with Gasteiger partial charge in [-0.15, -0.1) is 0 Å². The minimum atomic E-state index is -1.76. The lowest BCUT2D eigenvalue weighted by molar-refractivity contribution is -0.332. The summed E-state index contributed by atoms with van der Waals surface area (Å²) in [4.78, 5) is 25.5. The molecule has 0 unspecified atom stereocenters. The van der Waals surface area contributed by atoms with E-state index in [0.717, 1.165) is 38.5 Å². The normalized spacial score (nSPS) is 28.6. The topological polar surface area (TPSA) is 231 Å². The van der Waals surface area contributed by atoms with Crippen molar-refractivity contribution >= 4 is 11.9 Å². The van der Waals surface area contributed by atoms with Crippen LogP contribution >= 0.6 is 0 Å². The van der Waals surface area contributed by atoms with Crippen molar-refractivity contribution in [2.75, 3.05) is 26.4 Å². The second-order valence-corrected chi connectivity index (χ2v) is 15.5. The van der Waals surface area contributed by atoms with Crippen molar-refractivity contribution in [3.63, 3.8) is 0 Å². The minimum Gasteiger partial charge on any atom is -0.462 e. The van der Waals surface area contributed by atoms with Crippen molar-refractivity contribution in [2.45, 2.75) is 223 Å². The van der Waals surface area contributed by atoms with Crippen molar-refractivity contribution in [2.24, 2.45) is 0 Å². The van der Waals surface area contributed by atoms with E-state index >= 15 is 0 Å². The molecule has 330 valence electrons. The zero-order valence-corrected chi connectivity index (χ0v) is 34.1. The van der Waals surface area contributed by atoms with Crippen LogP contribution in [-0.2, 0) is 38.0 Å². The molecule has 0 aromatic rings. The molecule has 15 heteroatoms. The molecule has 2 aliphatic heterocycles. The van der Waals surface area contributed by atoms with Crippen LogP contribution in [-0.4, -0.2) is 142 Å². The van der Waals surface area contributed by atoms with Crippen LogP contribution < -0.4 is 0 Å². The average Bonchev–Trinajstić information content (AvgIpc) is 3.19. The largest absolute Gasteiger partial charge is 0.462 e. The fourth-order valence-corrected chi connectivity index (χ4v) is 6.92. The zero-order chi connectivity index (χ0) is 41.1. The highest BCUT2D eigenvalue weighted by atomic mass is 16.7. The number of unbranched alkanes of at least 4 members (excludes halogenated alkanes) is 18. The molecule has 2 saturated heterocycles. The van der Waals surface area contributed by atoms with Gasteiger partial charge in [0, 0.05) is 12.8 Å². The highest BCUT2D eigenvalue weighted by molar-refractivity contribution is 5.70. The molecular formula is C41H76O15. The van der Waals surface area contributed by atoms with Crippen LogP contribution in [0.1, 0.15) is 155 Å². The van der Waals surface area contributed by atoms with E-state index in [4.69, 9.17) is 28.4 Å². The average molecular weight is 809 g/mol. The molecule has 15 nitrogen and oxygen atoms in total. The smallest absolute Gasteiger partial charge is 0.306 e. The Kier molecular flexibility index (Phi) is 27.6. The molecule has 0 saturated carbocycles. The van der Waals surface area contributed by atoms with Crippen LogP contribution in [0.2, 0.25) is 0 Å². The maximum atomic E-state index is 12.8. The van der Waals surface area contributed by atoms with Gasteiger partial charge in [-0.25, -0.2) is 0 Å². The molecule has 0 aromatic carbocycles. The predicted molar refractivity (Wildman–Crippen MR) is 206 cm³/mol. The van der Waals surface area contributed by atoms with Crippen molar-refractivity contribution in [3.8, 4) is 0 Å². The molecule has 2 heterocycles. The van der Waals surface area contributed by atoms with Gasteiger partial charge in [0.15, 0.2) is 18.7 Å². The second kappa shape index (κ2) is 30.5. The van der Waals surface area contributed by atoms with Gasteiger partial charge in [-0.1, -0.05) is 129 Å². The van der Waals surface area contributed by atoms with Crippen LogP contribution in [0, 0.1) is 0 Å². The summed E-state index contributed by atoms with van der Waals surface area (Å²) in [5, 5.41) is 71.6. The van der Waals surface area contributed by atoms with E-state index < -0.39 is 92.7 Å². The highest BCUT2D eigenvalue weighted by Gasteiger charge is 2.47. The molecule has 0 radical (unpaired) electrons. The lowest BCUT2D eigenvalue weighted by atomic mass is 9.98. The lowest BCUT2D eigenvalue weighted by Crippen LogP contribution is -2.61. The summed E-state index contributed by atoms with van der Waals surface area (Å²) in [6.45, 7) is 2.54. The zero-order valence-electron chi connectivity index (χ0n) is 34.1. The van der Waals surface area contributed by atoms with Crippen LogP contribution in [0.3, 0.4) is 0 Å². The molecule has 0 aromatic heterocycles. The molecule has 0 spiro atoms. The predicted octanol–water partition coefficient (Wildman–Crippen LogP) is 3.70. The third kappa shape index (κ3) is 20.0. The Balaban J connectivity index is 1.88. The first-order valence-corrected chi connectivity index (χ1v) is 21.6. The quantitative estimate of drug-likeness (QED) is 0.0380. The number of aliphatic hydroxyl groups is 7. The number of carbonyl (C=O) groups is 2. The van der Waals surface area contributed by atoms with E-state index in [1.54, 1.807) is 0 Å². The third-order valence-electron chi connectivity index (χ3n) is 10.6. The summed E-state index contributed by atoms with van der Waals surface area (Å²) in [6, 6.07) is 0. The summed E-state index contributed by atoms with van der Waals surface area (Å²) in [6.07, 6.45) is 5.94. The van der Waals surface area contributed by atoms with Gasteiger partial charge in [-0.2, -0.15) is 0 Å². The Morgan fingerprint density at radius 3 is 1.39 bits per heavy atom. The molecule has 0 amide bonds. The van der Waals surface area contributed by atoms with Crippen molar-refractivity contribution in [1.82, 2.24) is 0 Å². The van der Waals surface area contributed by atoms with Crippen molar-refractivity contribution in [3.05, 3.63) is 0 Å². The van der Waals surface area contributed by atoms with Gasteiger partial charge in [0.2, 0.25) is 0 Å². The number of hydrogen-bond donors (Lipinski definition) is 7. The number of esters is 2. The van der Waals surface area contributed by atoms with Crippen molar-refractivity contribution < 1.29 is 73.8 Å². The molecule has 2 rings (SSSR count). The van der Waals surface area contributed by atoms with Gasteiger partial charge in [0.05, 0.1) is 19.8 Å². The van der Waals surface area contributed by atoms with Gasteiger partial charge in [-0.05, 0) is 12.8 Å². The first-order chi connectivity index (χ1) is 27.0. The van der Waals surface area contributed by atoms with Crippen LogP contribution in [0.4, 0.5) is 0 Å². The molecule has 7 N–H and O–H groups in total. The fourth-order valence-electron chi connectivity index (χ4n) is 6.92. The number of ether oxygens (including phenoxy) is 6. The third-order valence-corrected chi connectivity index (χ3v) is 10.6. The summed E-state index contributed by atoms with van der Waals surface area (Å²) >= 11 is 0. The molecule has 56 heavy (non-hydrogen) atoms. The van der Waals surface area contributed by atoms with Crippen molar-refractivity contribution in [1.29, 1.82) is 0 Å². The maximum absolute atomic E-state index is 12.8. The van der Waals surface area contributed by atoms with Gasteiger partial charge >= 0.3 is 11.9 Å². The van der Waals surface area contributed by atoms with Crippen LogP contribution in [0.5, 0.6) is 0 Å². The van der Waals surface area contributed by atoms with Gasteiger partial charge in [0.25, 0.3) is 0 Å². The summed E-state index contributed by atoms with van der Waals surface area (Å²) in [5.41, 5.74) is 0. The van der Waals surface area contributed by atoms with Gasteiger partial charge < -0.3 is 64.2 Å². The van der Waals surface area contributed by atoms with E-state index in [2.05, 4.69) is 13.8 Å². The number of hydrogen-bond acceptors (Lipinski definition) is 15.